The first-order valence-corrected chi connectivity index (χ1v) is 11.1. The van der Waals surface area contributed by atoms with E-state index >= 15 is 0 Å². The molecule has 0 spiro atoms. The van der Waals surface area contributed by atoms with E-state index in [9.17, 15) is 18.0 Å². The molecule has 1 amide bonds. The van der Waals surface area contributed by atoms with Crippen LogP contribution in [-0.4, -0.2) is 66.6 Å². The van der Waals surface area contributed by atoms with Crippen LogP contribution in [0.3, 0.4) is 0 Å². The normalized spacial score (nSPS) is 25.0. The van der Waals surface area contributed by atoms with E-state index < -0.39 is 34.9 Å². The number of amides is 1. The molecule has 2 fully saturated rings. The third-order valence-corrected chi connectivity index (χ3v) is 7.87. The van der Waals surface area contributed by atoms with E-state index in [4.69, 9.17) is 33.0 Å². The second kappa shape index (κ2) is 7.96. The van der Waals surface area contributed by atoms with Gasteiger partial charge in [-0.25, -0.2) is 13.2 Å². The van der Waals surface area contributed by atoms with Crippen LogP contribution in [0.5, 0.6) is 0 Å². The quantitative estimate of drug-likeness (QED) is 0.717. The van der Waals surface area contributed by atoms with E-state index in [0.29, 0.717) is 20.9 Å². The van der Waals surface area contributed by atoms with Crippen molar-refractivity contribution in [2.24, 2.45) is 4.99 Å². The Kier molecular flexibility index (Phi) is 6.02. The highest BCUT2D eigenvalue weighted by Crippen LogP contribution is 2.42. The number of carbonyl (C=O) groups is 2. The Morgan fingerprint density at radius 1 is 1.26 bits per heavy atom. The second-order valence-corrected chi connectivity index (χ2v) is 10.1. The van der Waals surface area contributed by atoms with Gasteiger partial charge in [0.15, 0.2) is 15.0 Å². The molecule has 3 rings (SSSR count). The number of sulfone groups is 1. The molecule has 1 aromatic carbocycles. The number of hydrogen-bond acceptors (Lipinski definition) is 6. The molecule has 0 aliphatic carbocycles. The maximum atomic E-state index is 12.0. The van der Waals surface area contributed by atoms with Crippen LogP contribution in [0.2, 0.25) is 10.0 Å². The third kappa shape index (κ3) is 4.75. The lowest BCUT2D eigenvalue weighted by molar-refractivity contribution is -0.143. The lowest BCUT2D eigenvalue weighted by atomic mass is 10.2. The number of ether oxygens (including phenoxy) is 1. The third-order valence-electron chi connectivity index (χ3n) is 3.92. The molecule has 2 aliphatic rings. The molecule has 27 heavy (non-hydrogen) atoms. The summed E-state index contributed by atoms with van der Waals surface area (Å²) in [6, 6.07) is 4.45. The van der Waals surface area contributed by atoms with Crippen molar-refractivity contribution in [3.63, 3.8) is 0 Å². The van der Waals surface area contributed by atoms with Gasteiger partial charge in [-0.3, -0.25) is 4.79 Å². The molecule has 12 heteroatoms. The van der Waals surface area contributed by atoms with E-state index in [-0.39, 0.29) is 22.8 Å². The van der Waals surface area contributed by atoms with Gasteiger partial charge in [-0.05, 0) is 18.2 Å². The summed E-state index contributed by atoms with van der Waals surface area (Å²) in [5, 5.41) is 9.23. The first-order valence-electron chi connectivity index (χ1n) is 7.69. The Balaban J connectivity index is 1.88. The number of aliphatic imine (C=N–C) groups is 1. The predicted molar refractivity (Wildman–Crippen MR) is 104 cm³/mol. The minimum Gasteiger partial charge on any atom is -0.480 e. The van der Waals surface area contributed by atoms with Gasteiger partial charge in [-0.15, -0.1) is 0 Å². The SMILES string of the molecule is O=C(O)COCC(=O)N=C1S[C@@H]2CS(=O)(=O)C[C@@H]2N1c1ccc(Cl)c(Cl)c1. The van der Waals surface area contributed by atoms with Crippen molar-refractivity contribution in [1.82, 2.24) is 0 Å². The lowest BCUT2D eigenvalue weighted by Crippen LogP contribution is -2.37. The number of anilines is 1. The highest BCUT2D eigenvalue weighted by molar-refractivity contribution is 8.16. The number of carbonyl (C=O) groups excluding carboxylic acids is 1. The molecule has 1 N–H and O–H groups in total. The summed E-state index contributed by atoms with van der Waals surface area (Å²) in [7, 11) is -3.19. The molecule has 0 bridgehead atoms. The fraction of sp³-hybridized carbons (Fsp3) is 0.400. The van der Waals surface area contributed by atoms with Crippen LogP contribution in [0.4, 0.5) is 5.69 Å². The van der Waals surface area contributed by atoms with Gasteiger partial charge < -0.3 is 14.7 Å². The summed E-state index contributed by atoms with van der Waals surface area (Å²) in [6.45, 7) is -1.09. The van der Waals surface area contributed by atoms with Crippen LogP contribution in [0.25, 0.3) is 0 Å². The van der Waals surface area contributed by atoms with Crippen molar-refractivity contribution in [2.45, 2.75) is 11.3 Å². The number of carboxylic acid groups (broad SMARTS) is 1. The number of aliphatic carboxylic acids is 1. The Bertz CT molecular complexity index is 921. The van der Waals surface area contributed by atoms with E-state index in [1.54, 1.807) is 23.1 Å². The highest BCUT2D eigenvalue weighted by Gasteiger charge is 2.49. The van der Waals surface area contributed by atoms with Gasteiger partial charge in [-0.1, -0.05) is 35.0 Å². The summed E-state index contributed by atoms with van der Waals surface area (Å²) in [5.41, 5.74) is 0.569. The summed E-state index contributed by atoms with van der Waals surface area (Å²) in [6.07, 6.45) is 0. The van der Waals surface area contributed by atoms with Crippen LogP contribution < -0.4 is 4.90 Å². The molecule has 1 aromatic rings. The summed E-state index contributed by atoms with van der Waals surface area (Å²) in [5.74, 6) is -1.93. The standard InChI is InChI=1S/C15H14Cl2N2O6S2/c16-9-2-1-8(3-10(9)17)19-11-6-27(23,24)7-12(11)26-15(19)18-13(20)4-25-5-14(21)22/h1-3,11-12H,4-7H2,(H,21,22)/t11-,12+/m0/s1. The molecule has 0 saturated carbocycles. The number of amidine groups is 1. The average Bonchev–Trinajstić information content (AvgIpc) is 3.00. The number of benzene rings is 1. The van der Waals surface area contributed by atoms with Crippen molar-refractivity contribution in [1.29, 1.82) is 0 Å². The number of rotatable bonds is 5. The smallest absolute Gasteiger partial charge is 0.329 e. The number of halogens is 2. The number of carboxylic acids is 1. The number of fused-ring (bicyclic) bond motifs is 1. The van der Waals surface area contributed by atoms with Gasteiger partial charge in [0.1, 0.15) is 13.2 Å². The number of thioether (sulfide) groups is 1. The molecule has 0 aromatic heterocycles. The largest absolute Gasteiger partial charge is 0.480 e. The first kappa shape index (κ1) is 20.4. The maximum absolute atomic E-state index is 12.0. The van der Waals surface area contributed by atoms with Crippen molar-refractivity contribution in [3.8, 4) is 0 Å². The van der Waals surface area contributed by atoms with Gasteiger partial charge in [0.2, 0.25) is 0 Å². The number of nitrogens with zero attached hydrogens (tertiary/aromatic N) is 2. The minimum atomic E-state index is -3.19. The van der Waals surface area contributed by atoms with Crippen LogP contribution in [0.15, 0.2) is 23.2 Å². The molecule has 0 radical (unpaired) electrons. The summed E-state index contributed by atoms with van der Waals surface area (Å²) >= 11 is 13.2. The van der Waals surface area contributed by atoms with Gasteiger partial charge in [0.25, 0.3) is 5.91 Å². The molecule has 2 aliphatic heterocycles. The van der Waals surface area contributed by atoms with E-state index in [1.807, 2.05) is 0 Å². The second-order valence-electron chi connectivity index (χ2n) is 5.94. The van der Waals surface area contributed by atoms with Crippen molar-refractivity contribution in [3.05, 3.63) is 28.2 Å². The van der Waals surface area contributed by atoms with Gasteiger partial charge in [-0.2, -0.15) is 4.99 Å². The molecule has 2 heterocycles. The fourth-order valence-electron chi connectivity index (χ4n) is 2.87. The Morgan fingerprint density at radius 3 is 2.67 bits per heavy atom. The van der Waals surface area contributed by atoms with Crippen molar-refractivity contribution in [2.75, 3.05) is 29.6 Å². The molecule has 2 saturated heterocycles. The monoisotopic (exact) mass is 452 g/mol. The Morgan fingerprint density at radius 2 is 2.00 bits per heavy atom. The van der Waals surface area contributed by atoms with E-state index in [1.165, 1.54) is 11.8 Å². The summed E-state index contributed by atoms with van der Waals surface area (Å²) in [4.78, 5) is 28.1. The molecule has 2 atom stereocenters. The zero-order valence-electron chi connectivity index (χ0n) is 13.7. The fourth-order valence-corrected chi connectivity index (χ4v) is 7.09. The topological polar surface area (TPSA) is 113 Å². The molecule has 0 unspecified atom stereocenters. The number of hydrogen-bond donors (Lipinski definition) is 1. The van der Waals surface area contributed by atoms with Crippen LogP contribution in [0.1, 0.15) is 0 Å². The summed E-state index contributed by atoms with van der Waals surface area (Å²) < 4.78 is 28.8. The Labute approximate surface area is 169 Å². The van der Waals surface area contributed by atoms with Crippen LogP contribution in [-0.2, 0) is 24.2 Å². The zero-order valence-corrected chi connectivity index (χ0v) is 16.8. The Hall–Kier alpha value is -1.33. The van der Waals surface area contributed by atoms with E-state index in [0.717, 1.165) is 0 Å². The molecule has 146 valence electrons. The van der Waals surface area contributed by atoms with Crippen LogP contribution in [0, 0.1) is 0 Å². The van der Waals surface area contributed by atoms with E-state index in [2.05, 4.69) is 4.99 Å². The van der Waals surface area contributed by atoms with Gasteiger partial charge in [0.05, 0.1) is 27.6 Å². The van der Waals surface area contributed by atoms with Crippen molar-refractivity contribution < 1.29 is 27.9 Å². The van der Waals surface area contributed by atoms with Gasteiger partial charge >= 0.3 is 5.97 Å². The molecule has 8 nitrogen and oxygen atoms in total. The maximum Gasteiger partial charge on any atom is 0.329 e. The van der Waals surface area contributed by atoms with Crippen molar-refractivity contribution >= 4 is 67.5 Å². The molecular weight excluding hydrogens is 439 g/mol. The predicted octanol–water partition coefficient (Wildman–Crippen LogP) is 1.70. The average molecular weight is 453 g/mol. The molecular formula is C15H14Cl2N2O6S2. The highest BCUT2D eigenvalue weighted by atomic mass is 35.5. The van der Waals surface area contributed by atoms with Crippen LogP contribution >= 0.6 is 35.0 Å². The zero-order chi connectivity index (χ0) is 19.8. The van der Waals surface area contributed by atoms with Gasteiger partial charge in [0, 0.05) is 10.9 Å². The first-order chi connectivity index (χ1) is 12.7. The lowest BCUT2D eigenvalue weighted by Gasteiger charge is -2.24. The minimum absolute atomic E-state index is 0.0110.